The fourth-order valence-corrected chi connectivity index (χ4v) is 5.06. The van der Waals surface area contributed by atoms with Crippen LogP contribution in [0.5, 0.6) is 0 Å². The molecule has 0 aliphatic carbocycles. The van der Waals surface area contributed by atoms with Crippen molar-refractivity contribution in [2.75, 3.05) is 13.1 Å². The highest BCUT2D eigenvalue weighted by molar-refractivity contribution is 6.03. The Kier molecular flexibility index (Phi) is 7.80. The lowest BCUT2D eigenvalue weighted by Gasteiger charge is -2.33. The largest absolute Gasteiger partial charge is 0.416 e. The van der Waals surface area contributed by atoms with Crippen molar-refractivity contribution >= 4 is 17.8 Å². The monoisotopic (exact) mass is 528 g/mol. The molecule has 38 heavy (non-hydrogen) atoms. The van der Waals surface area contributed by atoms with Gasteiger partial charge in [0.05, 0.1) is 29.4 Å². The van der Waals surface area contributed by atoms with Crippen molar-refractivity contribution in [3.05, 3.63) is 82.6 Å². The van der Waals surface area contributed by atoms with Gasteiger partial charge in [-0.25, -0.2) is 4.79 Å². The average Bonchev–Trinajstić information content (AvgIpc) is 3.22. The maximum Gasteiger partial charge on any atom is 0.416 e. The second kappa shape index (κ2) is 10.9. The number of carbonyl (C=O) groups excluding carboxylic acids is 3. The Labute approximate surface area is 219 Å². The molecule has 2 atom stereocenters. The van der Waals surface area contributed by atoms with Crippen LogP contribution < -0.4 is 10.6 Å². The number of halogens is 3. The Morgan fingerprint density at radius 3 is 2.37 bits per heavy atom. The molecule has 7 nitrogen and oxygen atoms in total. The summed E-state index contributed by atoms with van der Waals surface area (Å²) in [6, 6.07) is 11.5. The number of rotatable bonds is 8. The van der Waals surface area contributed by atoms with Crippen LogP contribution in [0, 0.1) is 5.92 Å². The molecule has 2 aliphatic heterocycles. The van der Waals surface area contributed by atoms with Crippen LogP contribution in [0.2, 0.25) is 0 Å². The number of urea groups is 1. The molecule has 2 N–H and O–H groups in total. The lowest BCUT2D eigenvalue weighted by Crippen LogP contribution is -2.49. The van der Waals surface area contributed by atoms with E-state index in [0.29, 0.717) is 12.1 Å². The number of benzene rings is 2. The molecule has 202 valence electrons. The number of likely N-dealkylation sites (N-methyl/N-ethyl adjacent to an activating group) is 1. The number of hydrogen-bond donors (Lipinski definition) is 2. The van der Waals surface area contributed by atoms with Gasteiger partial charge in [-0.15, -0.1) is 0 Å². The fourth-order valence-electron chi connectivity index (χ4n) is 5.06. The van der Waals surface area contributed by atoms with Crippen LogP contribution >= 0.6 is 0 Å². The summed E-state index contributed by atoms with van der Waals surface area (Å²) in [6.45, 7) is 6.02. The van der Waals surface area contributed by atoms with Crippen molar-refractivity contribution in [1.29, 1.82) is 0 Å². The summed E-state index contributed by atoms with van der Waals surface area (Å²) in [5.74, 6) is -0.858. The number of amides is 4. The first-order valence-corrected chi connectivity index (χ1v) is 12.6. The van der Waals surface area contributed by atoms with E-state index in [1.54, 1.807) is 6.92 Å². The van der Waals surface area contributed by atoms with Crippen LogP contribution in [0.1, 0.15) is 49.9 Å². The molecule has 0 bridgehead atoms. The summed E-state index contributed by atoms with van der Waals surface area (Å²) in [5.41, 5.74) is 0.152. The number of nitrogens with zero attached hydrogens (tertiary/aromatic N) is 2. The van der Waals surface area contributed by atoms with Crippen molar-refractivity contribution < 1.29 is 27.6 Å². The first-order valence-electron chi connectivity index (χ1n) is 12.6. The molecule has 2 aromatic carbocycles. The van der Waals surface area contributed by atoms with Crippen LogP contribution in [-0.2, 0) is 22.3 Å². The maximum absolute atomic E-state index is 13.9. The Morgan fingerprint density at radius 2 is 1.74 bits per heavy atom. The van der Waals surface area contributed by atoms with E-state index < -0.39 is 35.8 Å². The minimum atomic E-state index is -4.68. The number of alkyl halides is 3. The van der Waals surface area contributed by atoms with Gasteiger partial charge in [-0.05, 0) is 36.5 Å². The molecule has 0 aromatic heterocycles. The van der Waals surface area contributed by atoms with Crippen molar-refractivity contribution in [3.8, 4) is 0 Å². The molecule has 4 rings (SSSR count). The van der Waals surface area contributed by atoms with Gasteiger partial charge >= 0.3 is 12.2 Å². The Hall–Kier alpha value is -3.82. The second-order valence-electron chi connectivity index (χ2n) is 9.85. The van der Waals surface area contributed by atoms with Gasteiger partial charge in [-0.1, -0.05) is 62.4 Å². The highest BCUT2D eigenvalue weighted by atomic mass is 19.4. The maximum atomic E-state index is 13.9. The van der Waals surface area contributed by atoms with Gasteiger partial charge in [0.15, 0.2) is 0 Å². The lowest BCUT2D eigenvalue weighted by atomic mass is 9.91. The van der Waals surface area contributed by atoms with Crippen molar-refractivity contribution in [1.82, 2.24) is 20.4 Å². The molecule has 2 heterocycles. The molecule has 2 aromatic rings. The minimum Gasteiger partial charge on any atom is -0.350 e. The third-order valence-electron chi connectivity index (χ3n) is 6.83. The zero-order chi connectivity index (χ0) is 27.6. The third kappa shape index (κ3) is 5.39. The topological polar surface area (TPSA) is 81.8 Å². The number of carbonyl (C=O) groups is 3. The predicted molar refractivity (Wildman–Crippen MR) is 135 cm³/mol. The van der Waals surface area contributed by atoms with Gasteiger partial charge < -0.3 is 15.5 Å². The van der Waals surface area contributed by atoms with Gasteiger partial charge in [0, 0.05) is 13.1 Å². The normalized spacial score (nSPS) is 18.6. The number of nitrogens with one attached hydrogen (secondary N) is 2. The van der Waals surface area contributed by atoms with Crippen LogP contribution in [-0.4, -0.2) is 46.8 Å². The first-order chi connectivity index (χ1) is 18.0. The van der Waals surface area contributed by atoms with Crippen LogP contribution in [0.3, 0.4) is 0 Å². The standard InChI is InChI=1S/C28H31F3N4O3/c1-4-34-22-16-35(21(14-17(2)3)25(36)32-15-18-10-6-5-7-11-18)26(37)23(22)24(33-27(34)38)19-12-8-9-13-20(19)28(29,30)31/h5-13,17,21,24H,4,14-16H2,1-3H3,(H,32,36)(H,33,38)/t21-,24-/m1/s1. The molecule has 4 amide bonds. The van der Waals surface area contributed by atoms with E-state index in [0.717, 1.165) is 11.6 Å². The van der Waals surface area contributed by atoms with Crippen LogP contribution in [0.4, 0.5) is 18.0 Å². The molecule has 0 fully saturated rings. The summed E-state index contributed by atoms with van der Waals surface area (Å²) in [5, 5.41) is 5.50. The highest BCUT2D eigenvalue weighted by Gasteiger charge is 2.48. The van der Waals surface area contributed by atoms with E-state index in [-0.39, 0.29) is 42.6 Å². The van der Waals surface area contributed by atoms with Crippen molar-refractivity contribution in [3.63, 3.8) is 0 Å². The Balaban J connectivity index is 1.69. The second-order valence-corrected chi connectivity index (χ2v) is 9.85. The van der Waals surface area contributed by atoms with E-state index in [1.807, 2.05) is 44.2 Å². The molecule has 0 radical (unpaired) electrons. The Bertz CT molecular complexity index is 1240. The van der Waals surface area contributed by atoms with Crippen LogP contribution in [0.15, 0.2) is 65.9 Å². The van der Waals surface area contributed by atoms with Gasteiger partial charge in [0.1, 0.15) is 6.04 Å². The average molecular weight is 529 g/mol. The van der Waals surface area contributed by atoms with Crippen molar-refractivity contribution in [2.24, 2.45) is 5.92 Å². The van der Waals surface area contributed by atoms with Crippen molar-refractivity contribution in [2.45, 2.75) is 52.0 Å². The third-order valence-corrected chi connectivity index (χ3v) is 6.83. The molecule has 0 spiro atoms. The van der Waals surface area contributed by atoms with E-state index in [4.69, 9.17) is 0 Å². The quantitative estimate of drug-likeness (QED) is 0.525. The summed E-state index contributed by atoms with van der Waals surface area (Å²) in [6.07, 6.45) is -4.33. The minimum absolute atomic E-state index is 0.0454. The summed E-state index contributed by atoms with van der Waals surface area (Å²) in [4.78, 5) is 43.0. The molecule has 2 aliphatic rings. The SMILES string of the molecule is CCN1C(=O)N[C@H](c2ccccc2C(F)(F)F)C2=C1CN([C@H](CC(C)C)C(=O)NCc1ccccc1)C2=O. The Morgan fingerprint density at radius 1 is 1.08 bits per heavy atom. The number of hydrogen-bond acceptors (Lipinski definition) is 3. The zero-order valence-electron chi connectivity index (χ0n) is 21.5. The smallest absolute Gasteiger partial charge is 0.350 e. The molecular formula is C28H31F3N4O3. The molecule has 10 heteroatoms. The zero-order valence-corrected chi connectivity index (χ0v) is 21.5. The van der Waals surface area contributed by atoms with E-state index in [2.05, 4.69) is 10.6 Å². The fraction of sp³-hybridized carbons (Fsp3) is 0.393. The summed E-state index contributed by atoms with van der Waals surface area (Å²) in [7, 11) is 0. The van der Waals surface area contributed by atoms with E-state index >= 15 is 0 Å². The van der Waals surface area contributed by atoms with Crippen LogP contribution in [0.25, 0.3) is 0 Å². The molecular weight excluding hydrogens is 497 g/mol. The molecule has 0 unspecified atom stereocenters. The van der Waals surface area contributed by atoms with Gasteiger partial charge in [-0.3, -0.25) is 14.5 Å². The van der Waals surface area contributed by atoms with E-state index in [1.165, 1.54) is 28.0 Å². The first kappa shape index (κ1) is 27.2. The lowest BCUT2D eigenvalue weighted by molar-refractivity contribution is -0.139. The predicted octanol–water partition coefficient (Wildman–Crippen LogP) is 4.62. The van der Waals surface area contributed by atoms with E-state index in [9.17, 15) is 27.6 Å². The summed E-state index contributed by atoms with van der Waals surface area (Å²) < 4.78 is 41.6. The highest BCUT2D eigenvalue weighted by Crippen LogP contribution is 2.42. The van der Waals surface area contributed by atoms with Gasteiger partial charge in [-0.2, -0.15) is 13.2 Å². The summed E-state index contributed by atoms with van der Waals surface area (Å²) >= 11 is 0. The molecule has 0 saturated carbocycles. The molecule has 0 saturated heterocycles. The van der Waals surface area contributed by atoms with Gasteiger partial charge in [0.25, 0.3) is 5.91 Å². The van der Waals surface area contributed by atoms with Gasteiger partial charge in [0.2, 0.25) is 5.91 Å².